The van der Waals surface area contributed by atoms with Gasteiger partial charge in [0, 0.05) is 18.2 Å². The Morgan fingerprint density at radius 3 is 3.08 bits per heavy atom. The number of rotatable bonds is 5. The quantitative estimate of drug-likeness (QED) is 0.885. The number of aromatic amines is 1. The average Bonchev–Trinajstić information content (AvgIpc) is 3.02. The van der Waals surface area contributed by atoms with Gasteiger partial charge in [-0.1, -0.05) is 19.1 Å². The Bertz CT molecular complexity index is 696. The van der Waals surface area contributed by atoms with Gasteiger partial charge in [-0.05, 0) is 50.4 Å². The number of hydrogen-bond donors (Lipinski definition) is 2. The van der Waals surface area contributed by atoms with Gasteiger partial charge in [-0.15, -0.1) is 0 Å². The fourth-order valence-corrected chi connectivity index (χ4v) is 3.23. The fourth-order valence-electron chi connectivity index (χ4n) is 3.23. The number of piperidine rings is 1. The monoisotopic (exact) mass is 327 g/mol. The second kappa shape index (κ2) is 7.57. The summed E-state index contributed by atoms with van der Waals surface area (Å²) in [5, 5.41) is 10.2. The maximum atomic E-state index is 12.3. The van der Waals surface area contributed by atoms with Crippen molar-refractivity contribution in [2.45, 2.75) is 39.0 Å². The fraction of sp³-hybridized carbons (Fsp3) is 0.500. The highest BCUT2D eigenvalue weighted by atomic mass is 16.2. The third-order valence-corrected chi connectivity index (χ3v) is 4.47. The van der Waals surface area contributed by atoms with Crippen molar-refractivity contribution in [3.63, 3.8) is 0 Å². The van der Waals surface area contributed by atoms with Crippen LogP contribution in [0.3, 0.4) is 0 Å². The van der Waals surface area contributed by atoms with E-state index in [2.05, 4.69) is 38.4 Å². The van der Waals surface area contributed by atoms with E-state index in [1.165, 1.54) is 5.56 Å². The molecule has 1 atom stereocenters. The summed E-state index contributed by atoms with van der Waals surface area (Å²) in [6.07, 6.45) is 3.11. The number of amides is 1. The van der Waals surface area contributed by atoms with Crippen LogP contribution in [0.25, 0.3) is 0 Å². The van der Waals surface area contributed by atoms with E-state index in [9.17, 15) is 4.79 Å². The number of nitrogens with zero attached hydrogens (tertiary/aromatic N) is 3. The van der Waals surface area contributed by atoms with Crippen LogP contribution in [-0.2, 0) is 11.2 Å². The Labute approximate surface area is 142 Å². The summed E-state index contributed by atoms with van der Waals surface area (Å²) in [6.45, 7) is 6.22. The van der Waals surface area contributed by atoms with Crippen LogP contribution >= 0.6 is 0 Å². The van der Waals surface area contributed by atoms with Crippen molar-refractivity contribution in [2.75, 3.05) is 25.0 Å². The number of likely N-dealkylation sites (tertiary alicyclic amines) is 1. The van der Waals surface area contributed by atoms with E-state index >= 15 is 0 Å². The molecule has 2 heterocycles. The van der Waals surface area contributed by atoms with Gasteiger partial charge in [-0.3, -0.25) is 14.8 Å². The Morgan fingerprint density at radius 1 is 1.46 bits per heavy atom. The highest BCUT2D eigenvalue weighted by molar-refractivity contribution is 5.92. The second-order valence-corrected chi connectivity index (χ2v) is 6.46. The van der Waals surface area contributed by atoms with Gasteiger partial charge in [0.15, 0.2) is 5.82 Å². The molecular formula is C18H25N5O. The van der Waals surface area contributed by atoms with Gasteiger partial charge >= 0.3 is 0 Å². The van der Waals surface area contributed by atoms with E-state index in [0.29, 0.717) is 12.5 Å². The number of anilines is 1. The van der Waals surface area contributed by atoms with E-state index in [4.69, 9.17) is 0 Å². The number of H-pyrrole nitrogens is 1. The molecule has 1 fully saturated rings. The molecule has 3 rings (SSSR count). The molecule has 1 unspecified atom stereocenters. The number of carbonyl (C=O) groups excluding carboxylic acids is 1. The molecule has 6 heteroatoms. The highest BCUT2D eigenvalue weighted by Crippen LogP contribution is 2.24. The van der Waals surface area contributed by atoms with Crippen molar-refractivity contribution in [1.29, 1.82) is 0 Å². The first-order valence-corrected chi connectivity index (χ1v) is 8.64. The molecule has 1 aliphatic rings. The van der Waals surface area contributed by atoms with Crippen molar-refractivity contribution in [1.82, 2.24) is 20.1 Å². The topological polar surface area (TPSA) is 73.9 Å². The van der Waals surface area contributed by atoms with Crippen molar-refractivity contribution >= 4 is 11.6 Å². The highest BCUT2D eigenvalue weighted by Gasteiger charge is 2.25. The maximum Gasteiger partial charge on any atom is 0.238 e. The Balaban J connectivity index is 1.55. The van der Waals surface area contributed by atoms with Gasteiger partial charge in [0.1, 0.15) is 5.82 Å². The first kappa shape index (κ1) is 16.6. The molecular weight excluding hydrogens is 302 g/mol. The summed E-state index contributed by atoms with van der Waals surface area (Å²) in [5.41, 5.74) is 2.10. The number of benzene rings is 1. The lowest BCUT2D eigenvalue weighted by atomic mass is 9.97. The third kappa shape index (κ3) is 4.20. The predicted molar refractivity (Wildman–Crippen MR) is 94.0 cm³/mol. The largest absolute Gasteiger partial charge is 0.325 e. The van der Waals surface area contributed by atoms with Gasteiger partial charge in [0.25, 0.3) is 0 Å². The van der Waals surface area contributed by atoms with Gasteiger partial charge < -0.3 is 5.32 Å². The molecule has 0 radical (unpaired) electrons. The van der Waals surface area contributed by atoms with Crippen LogP contribution in [0.4, 0.5) is 5.69 Å². The molecule has 1 saturated heterocycles. The molecule has 0 spiro atoms. The number of nitrogens with one attached hydrogen (secondary N) is 2. The summed E-state index contributed by atoms with van der Waals surface area (Å²) in [6, 6.07) is 8.03. The van der Waals surface area contributed by atoms with E-state index in [1.807, 2.05) is 25.1 Å². The van der Waals surface area contributed by atoms with Crippen LogP contribution in [0.1, 0.15) is 42.9 Å². The van der Waals surface area contributed by atoms with E-state index in [1.54, 1.807) is 0 Å². The maximum absolute atomic E-state index is 12.3. The zero-order valence-corrected chi connectivity index (χ0v) is 14.4. The van der Waals surface area contributed by atoms with Crippen LogP contribution in [0.2, 0.25) is 0 Å². The lowest BCUT2D eigenvalue weighted by molar-refractivity contribution is -0.117. The Hall–Kier alpha value is -2.21. The predicted octanol–water partition coefficient (Wildman–Crippen LogP) is 2.49. The molecule has 1 aromatic carbocycles. The van der Waals surface area contributed by atoms with Crippen LogP contribution in [-0.4, -0.2) is 45.6 Å². The summed E-state index contributed by atoms with van der Waals surface area (Å²) in [5.74, 6) is 2.05. The lowest BCUT2D eigenvalue weighted by Gasteiger charge is -2.30. The molecule has 0 bridgehead atoms. The molecule has 24 heavy (non-hydrogen) atoms. The van der Waals surface area contributed by atoms with Gasteiger partial charge in [-0.25, -0.2) is 4.98 Å². The number of hydrogen-bond acceptors (Lipinski definition) is 4. The minimum absolute atomic E-state index is 0.0371. The molecule has 2 aromatic rings. The number of carbonyl (C=O) groups is 1. The van der Waals surface area contributed by atoms with Crippen LogP contribution < -0.4 is 5.32 Å². The standard InChI is InChI=1S/C18H25N5O/c1-3-14-6-4-8-16(10-14)20-17(24)12-23-9-5-7-15(11-23)18-19-13(2)21-22-18/h4,6,8,10,15H,3,5,7,9,11-12H2,1-2H3,(H,20,24)(H,19,21,22). The number of aromatic nitrogens is 3. The first-order chi connectivity index (χ1) is 11.6. The summed E-state index contributed by atoms with van der Waals surface area (Å²) < 4.78 is 0. The van der Waals surface area contributed by atoms with Crippen LogP contribution in [0.15, 0.2) is 24.3 Å². The molecule has 128 valence electrons. The molecule has 6 nitrogen and oxygen atoms in total. The van der Waals surface area contributed by atoms with Gasteiger partial charge in [-0.2, -0.15) is 5.10 Å². The Morgan fingerprint density at radius 2 is 2.33 bits per heavy atom. The molecule has 0 saturated carbocycles. The van der Waals surface area contributed by atoms with Crippen molar-refractivity contribution in [3.05, 3.63) is 41.5 Å². The van der Waals surface area contributed by atoms with Crippen LogP contribution in [0, 0.1) is 6.92 Å². The summed E-state index contributed by atoms with van der Waals surface area (Å²) in [4.78, 5) is 19.0. The zero-order valence-electron chi connectivity index (χ0n) is 14.4. The minimum atomic E-state index is 0.0371. The van der Waals surface area contributed by atoms with E-state index < -0.39 is 0 Å². The van der Waals surface area contributed by atoms with E-state index in [-0.39, 0.29) is 5.91 Å². The summed E-state index contributed by atoms with van der Waals surface area (Å²) >= 11 is 0. The molecule has 1 amide bonds. The SMILES string of the molecule is CCc1cccc(NC(=O)CN2CCCC(c3n[nH]c(C)n3)C2)c1. The molecule has 1 aromatic heterocycles. The van der Waals surface area contributed by atoms with E-state index in [0.717, 1.165) is 49.7 Å². The third-order valence-electron chi connectivity index (χ3n) is 4.47. The second-order valence-electron chi connectivity index (χ2n) is 6.46. The van der Waals surface area contributed by atoms with Gasteiger partial charge in [0.05, 0.1) is 6.54 Å². The Kier molecular flexibility index (Phi) is 5.25. The minimum Gasteiger partial charge on any atom is -0.325 e. The number of aryl methyl sites for hydroxylation is 2. The average molecular weight is 327 g/mol. The zero-order chi connectivity index (χ0) is 16.9. The smallest absolute Gasteiger partial charge is 0.238 e. The molecule has 1 aliphatic heterocycles. The summed E-state index contributed by atoms with van der Waals surface area (Å²) in [7, 11) is 0. The first-order valence-electron chi connectivity index (χ1n) is 8.64. The molecule has 0 aliphatic carbocycles. The van der Waals surface area contributed by atoms with Crippen molar-refractivity contribution < 1.29 is 4.79 Å². The normalized spacial score (nSPS) is 18.5. The van der Waals surface area contributed by atoms with Crippen LogP contribution in [0.5, 0.6) is 0 Å². The lowest BCUT2D eigenvalue weighted by Crippen LogP contribution is -2.40. The van der Waals surface area contributed by atoms with Crippen molar-refractivity contribution in [2.24, 2.45) is 0 Å². The van der Waals surface area contributed by atoms with Crippen molar-refractivity contribution in [3.8, 4) is 0 Å². The van der Waals surface area contributed by atoms with Gasteiger partial charge in [0.2, 0.25) is 5.91 Å². The molecule has 2 N–H and O–H groups in total.